The monoisotopic (exact) mass is 550 g/mol. The number of carbonyl (C=O) groups is 2. The van der Waals surface area contributed by atoms with Gasteiger partial charge in [-0.3, -0.25) is 4.79 Å². The predicted octanol–water partition coefficient (Wildman–Crippen LogP) is -0.512. The minimum atomic E-state index is -1.84. The Bertz CT molecular complexity index is 1250. The minimum absolute atomic E-state index is 0. The van der Waals surface area contributed by atoms with Gasteiger partial charge in [0.25, 0.3) is 5.91 Å². The molecule has 1 aromatic heterocycles. The molecule has 7 rings (SSSR count). The van der Waals surface area contributed by atoms with E-state index in [-0.39, 0.29) is 34.9 Å². The van der Waals surface area contributed by atoms with Crippen molar-refractivity contribution < 1.29 is 40.9 Å². The SMILES string of the molecule is O=C(C[N+]12CCC(CC1)C(OC(=O)C1(O)c3ccccc3-c3ccccc31)C2)Nc1ccncn1.[Br-]. The average Bonchev–Trinajstić information content (AvgIpc) is 3.15. The molecule has 2 aromatic carbocycles. The zero-order valence-electron chi connectivity index (χ0n) is 19.6. The molecule has 1 unspecified atom stereocenters. The van der Waals surface area contributed by atoms with Crippen molar-refractivity contribution in [3.63, 3.8) is 0 Å². The van der Waals surface area contributed by atoms with Gasteiger partial charge in [0.05, 0.1) is 13.1 Å². The van der Waals surface area contributed by atoms with Gasteiger partial charge in [-0.25, -0.2) is 14.8 Å². The highest BCUT2D eigenvalue weighted by Crippen LogP contribution is 2.48. The molecule has 1 atom stereocenters. The van der Waals surface area contributed by atoms with E-state index < -0.39 is 11.6 Å². The van der Waals surface area contributed by atoms with Crippen LogP contribution in [0.5, 0.6) is 0 Å². The first-order valence-corrected chi connectivity index (χ1v) is 12.0. The first kappa shape index (κ1) is 24.5. The Kier molecular flexibility index (Phi) is 6.40. The van der Waals surface area contributed by atoms with Gasteiger partial charge in [0.2, 0.25) is 5.60 Å². The van der Waals surface area contributed by atoms with Gasteiger partial charge in [-0.1, -0.05) is 48.5 Å². The molecule has 186 valence electrons. The normalized spacial score (nSPS) is 24.7. The number of hydrogen-bond donors (Lipinski definition) is 2. The van der Waals surface area contributed by atoms with E-state index in [1.165, 1.54) is 6.33 Å². The van der Waals surface area contributed by atoms with E-state index in [1.807, 2.05) is 36.4 Å². The van der Waals surface area contributed by atoms with Gasteiger partial charge in [0, 0.05) is 36.1 Å². The Morgan fingerprint density at radius 3 is 2.28 bits per heavy atom. The summed E-state index contributed by atoms with van der Waals surface area (Å²) in [6.45, 7) is 2.59. The Balaban J connectivity index is 0.00000267. The van der Waals surface area contributed by atoms with Crippen LogP contribution in [0, 0.1) is 5.92 Å². The van der Waals surface area contributed by atoms with Crippen LogP contribution in [0.4, 0.5) is 5.82 Å². The minimum Gasteiger partial charge on any atom is -1.00 e. The first-order valence-electron chi connectivity index (χ1n) is 12.0. The van der Waals surface area contributed by atoms with E-state index in [2.05, 4.69) is 15.3 Å². The molecule has 3 aliphatic heterocycles. The summed E-state index contributed by atoms with van der Waals surface area (Å²) in [5.41, 5.74) is 0.970. The summed E-state index contributed by atoms with van der Waals surface area (Å²) >= 11 is 0. The highest BCUT2D eigenvalue weighted by Gasteiger charge is 2.53. The zero-order chi connectivity index (χ0) is 24.0. The lowest BCUT2D eigenvalue weighted by molar-refractivity contribution is -0.939. The fourth-order valence-electron chi connectivity index (χ4n) is 6.08. The molecule has 0 saturated carbocycles. The number of quaternary nitrogens is 1. The van der Waals surface area contributed by atoms with E-state index in [9.17, 15) is 14.7 Å². The zero-order valence-corrected chi connectivity index (χ0v) is 21.2. The fraction of sp³-hybridized carbons (Fsp3) is 0.333. The van der Waals surface area contributed by atoms with Crippen molar-refractivity contribution in [1.29, 1.82) is 0 Å². The predicted molar refractivity (Wildman–Crippen MR) is 128 cm³/mol. The first-order chi connectivity index (χ1) is 17.0. The van der Waals surface area contributed by atoms with Crippen molar-refractivity contribution in [2.75, 3.05) is 31.5 Å². The van der Waals surface area contributed by atoms with Crippen LogP contribution >= 0.6 is 0 Å². The third kappa shape index (κ3) is 4.01. The Hall–Kier alpha value is -3.14. The van der Waals surface area contributed by atoms with Crippen LogP contribution in [0.2, 0.25) is 0 Å². The van der Waals surface area contributed by atoms with E-state index >= 15 is 0 Å². The molecule has 3 saturated heterocycles. The molecule has 0 radical (unpaired) electrons. The third-order valence-corrected chi connectivity index (χ3v) is 7.85. The summed E-state index contributed by atoms with van der Waals surface area (Å²) < 4.78 is 6.66. The Labute approximate surface area is 219 Å². The average molecular weight is 551 g/mol. The number of piperidine rings is 3. The number of carbonyl (C=O) groups excluding carboxylic acids is 2. The quantitative estimate of drug-likeness (QED) is 0.327. The van der Waals surface area contributed by atoms with Gasteiger partial charge in [0.15, 0.2) is 12.6 Å². The van der Waals surface area contributed by atoms with Crippen molar-refractivity contribution in [3.8, 4) is 11.1 Å². The number of nitrogens with zero attached hydrogens (tertiary/aromatic N) is 3. The van der Waals surface area contributed by atoms with Gasteiger partial charge in [-0.05, 0) is 17.2 Å². The van der Waals surface area contributed by atoms with E-state index in [0.717, 1.165) is 37.1 Å². The van der Waals surface area contributed by atoms with Crippen molar-refractivity contribution in [1.82, 2.24) is 9.97 Å². The van der Waals surface area contributed by atoms with Crippen molar-refractivity contribution >= 4 is 17.7 Å². The molecule has 0 spiro atoms. The van der Waals surface area contributed by atoms with Crippen LogP contribution in [0.3, 0.4) is 0 Å². The van der Waals surface area contributed by atoms with E-state index in [1.54, 1.807) is 24.4 Å². The number of anilines is 1. The number of esters is 1. The standard InChI is InChI=1S/C27H26N4O4.BrH/c32-25(30-24-9-12-28-17-29-24)16-31-13-10-18(11-14-31)23(15-31)35-26(33)27(34)21-7-3-1-5-19(21)20-6-2-4-8-22(20)27;/h1-9,12,17-18,23,34H,10-11,13-16H2;1H. The van der Waals surface area contributed by atoms with Gasteiger partial charge in [-0.2, -0.15) is 0 Å². The molecule has 1 amide bonds. The van der Waals surface area contributed by atoms with Crippen molar-refractivity contribution in [2.24, 2.45) is 5.92 Å². The summed E-state index contributed by atoms with van der Waals surface area (Å²) in [6, 6.07) is 16.5. The highest BCUT2D eigenvalue weighted by molar-refractivity contribution is 5.96. The Morgan fingerprint density at radius 2 is 1.67 bits per heavy atom. The maximum absolute atomic E-state index is 13.6. The lowest BCUT2D eigenvalue weighted by atomic mass is 9.82. The Morgan fingerprint density at radius 1 is 1.03 bits per heavy atom. The molecule has 3 aromatic rings. The largest absolute Gasteiger partial charge is 1.00 e. The molecule has 4 aliphatic rings. The lowest BCUT2D eigenvalue weighted by Crippen LogP contribution is -3.00. The lowest BCUT2D eigenvalue weighted by Gasteiger charge is -2.51. The fourth-order valence-corrected chi connectivity index (χ4v) is 6.08. The smallest absolute Gasteiger partial charge is 0.348 e. The summed E-state index contributed by atoms with van der Waals surface area (Å²) in [5.74, 6) is -0.0538. The molecular weight excluding hydrogens is 524 g/mol. The van der Waals surface area contributed by atoms with Crippen molar-refractivity contribution in [3.05, 3.63) is 78.2 Å². The molecular formula is C27H27BrN4O4. The van der Waals surface area contributed by atoms with E-state index in [0.29, 0.717) is 34.5 Å². The molecule has 4 heterocycles. The number of aromatic nitrogens is 2. The number of rotatable bonds is 5. The van der Waals surface area contributed by atoms with Crippen LogP contribution in [-0.2, 0) is 19.9 Å². The van der Waals surface area contributed by atoms with Crippen LogP contribution in [0.25, 0.3) is 11.1 Å². The second kappa shape index (κ2) is 9.38. The molecule has 2 N–H and O–H groups in total. The van der Waals surface area contributed by atoms with Crippen LogP contribution in [0.1, 0.15) is 24.0 Å². The topological polar surface area (TPSA) is 101 Å². The maximum atomic E-state index is 13.6. The molecule has 36 heavy (non-hydrogen) atoms. The number of amides is 1. The second-order valence-electron chi connectivity index (χ2n) is 9.86. The van der Waals surface area contributed by atoms with Crippen LogP contribution in [0.15, 0.2) is 67.1 Å². The number of ether oxygens (including phenoxy) is 1. The van der Waals surface area contributed by atoms with Crippen LogP contribution in [-0.4, -0.2) is 63.7 Å². The summed E-state index contributed by atoms with van der Waals surface area (Å²) in [7, 11) is 0. The van der Waals surface area contributed by atoms with Gasteiger partial charge < -0.3 is 36.6 Å². The molecule has 9 heteroatoms. The summed E-state index contributed by atoms with van der Waals surface area (Å²) in [6.07, 6.45) is 4.39. The number of fused-ring (bicyclic) bond motifs is 6. The third-order valence-electron chi connectivity index (χ3n) is 7.85. The molecule has 2 bridgehead atoms. The second-order valence-corrected chi connectivity index (χ2v) is 9.86. The number of benzene rings is 2. The number of nitrogens with one attached hydrogen (secondary N) is 1. The van der Waals surface area contributed by atoms with Crippen LogP contribution < -0.4 is 22.3 Å². The maximum Gasteiger partial charge on any atom is 0.348 e. The summed E-state index contributed by atoms with van der Waals surface area (Å²) in [5, 5.41) is 14.6. The van der Waals surface area contributed by atoms with E-state index in [4.69, 9.17) is 4.74 Å². The van der Waals surface area contributed by atoms with Gasteiger partial charge >= 0.3 is 5.97 Å². The summed E-state index contributed by atoms with van der Waals surface area (Å²) in [4.78, 5) is 34.4. The number of halogens is 1. The molecule has 8 nitrogen and oxygen atoms in total. The molecule has 1 aliphatic carbocycles. The number of hydrogen-bond acceptors (Lipinski definition) is 6. The number of aliphatic hydroxyl groups is 1. The highest BCUT2D eigenvalue weighted by atomic mass is 79.9. The van der Waals surface area contributed by atoms with Gasteiger partial charge in [-0.15, -0.1) is 0 Å². The molecule has 3 fully saturated rings. The van der Waals surface area contributed by atoms with Gasteiger partial charge in [0.1, 0.15) is 18.7 Å². The van der Waals surface area contributed by atoms with Crippen molar-refractivity contribution in [2.45, 2.75) is 24.5 Å².